The van der Waals surface area contributed by atoms with Crippen LogP contribution in [0.5, 0.6) is 5.75 Å². The maximum atomic E-state index is 10.9. The van der Waals surface area contributed by atoms with E-state index in [1.54, 1.807) is 12.1 Å². The highest BCUT2D eigenvalue weighted by atomic mass is 16.4. The summed E-state index contributed by atoms with van der Waals surface area (Å²) in [5, 5.41) is 21.6. The van der Waals surface area contributed by atoms with E-state index in [-0.39, 0.29) is 11.3 Å². The minimum absolute atomic E-state index is 0.0300. The van der Waals surface area contributed by atoms with Crippen LogP contribution in [0.2, 0.25) is 0 Å². The molecule has 5 nitrogen and oxygen atoms in total. The molecule has 0 atom stereocenters. The maximum absolute atomic E-state index is 10.9. The van der Waals surface area contributed by atoms with E-state index in [2.05, 4.69) is 10.2 Å². The molecule has 17 heavy (non-hydrogen) atoms. The Morgan fingerprint density at radius 1 is 1.35 bits per heavy atom. The number of hydrogen-bond donors (Lipinski definition) is 3. The number of carboxylic acids is 1. The monoisotopic (exact) mass is 236 g/mol. The van der Waals surface area contributed by atoms with Crippen molar-refractivity contribution in [1.29, 1.82) is 0 Å². The molecular formula is C12H16N2O3. The number of nitrogens with zero attached hydrogens (tertiary/aromatic N) is 1. The largest absolute Gasteiger partial charge is 0.507 e. The average Bonchev–Trinajstić information content (AvgIpc) is 2.32. The van der Waals surface area contributed by atoms with Gasteiger partial charge in [0.05, 0.1) is 0 Å². The van der Waals surface area contributed by atoms with Crippen LogP contribution in [0.3, 0.4) is 0 Å². The van der Waals surface area contributed by atoms with Crippen molar-refractivity contribution < 1.29 is 15.0 Å². The van der Waals surface area contributed by atoms with Crippen LogP contribution < -0.4 is 5.32 Å². The first-order valence-corrected chi connectivity index (χ1v) is 5.65. The molecule has 1 fully saturated rings. The fourth-order valence-electron chi connectivity index (χ4n) is 1.98. The van der Waals surface area contributed by atoms with E-state index >= 15 is 0 Å². The van der Waals surface area contributed by atoms with Gasteiger partial charge in [0.25, 0.3) is 0 Å². The molecule has 0 spiro atoms. The molecule has 0 bridgehead atoms. The average molecular weight is 236 g/mol. The van der Waals surface area contributed by atoms with Gasteiger partial charge in [0.1, 0.15) is 11.3 Å². The zero-order valence-corrected chi connectivity index (χ0v) is 9.52. The van der Waals surface area contributed by atoms with E-state index in [1.807, 2.05) is 0 Å². The molecule has 2 rings (SSSR count). The fraction of sp³-hybridized carbons (Fsp3) is 0.417. The van der Waals surface area contributed by atoms with Crippen molar-refractivity contribution in [2.24, 2.45) is 0 Å². The number of aromatic carboxylic acids is 1. The van der Waals surface area contributed by atoms with Crippen molar-refractivity contribution in [2.45, 2.75) is 6.54 Å². The topological polar surface area (TPSA) is 72.8 Å². The summed E-state index contributed by atoms with van der Waals surface area (Å²) >= 11 is 0. The van der Waals surface area contributed by atoms with Gasteiger partial charge in [-0.2, -0.15) is 0 Å². The quantitative estimate of drug-likeness (QED) is 0.712. The predicted octanol–water partition coefficient (Wildman–Crippen LogP) is 0.496. The highest BCUT2D eigenvalue weighted by Gasteiger charge is 2.13. The molecule has 1 heterocycles. The molecule has 5 heteroatoms. The fourth-order valence-corrected chi connectivity index (χ4v) is 1.98. The molecule has 1 aliphatic heterocycles. The first-order chi connectivity index (χ1) is 8.16. The number of rotatable bonds is 3. The second-order valence-electron chi connectivity index (χ2n) is 4.18. The summed E-state index contributed by atoms with van der Waals surface area (Å²) in [6.45, 7) is 4.57. The molecule has 0 amide bonds. The molecule has 0 saturated carbocycles. The number of nitrogens with one attached hydrogen (secondary N) is 1. The Hall–Kier alpha value is -1.59. The normalized spacial score (nSPS) is 16.9. The lowest BCUT2D eigenvalue weighted by Crippen LogP contribution is -2.42. The van der Waals surface area contributed by atoms with Gasteiger partial charge < -0.3 is 15.5 Å². The standard InChI is InChI=1S/C12H16N2O3/c15-11-2-1-9(7-10(11)12(16)17)8-14-5-3-13-4-6-14/h1-2,7,13,15H,3-6,8H2,(H,16,17). The van der Waals surface area contributed by atoms with Crippen LogP contribution in [-0.4, -0.2) is 47.3 Å². The highest BCUT2D eigenvalue weighted by Crippen LogP contribution is 2.19. The van der Waals surface area contributed by atoms with E-state index in [4.69, 9.17) is 5.11 Å². The minimum Gasteiger partial charge on any atom is -0.507 e. The van der Waals surface area contributed by atoms with Crippen LogP contribution in [0.1, 0.15) is 15.9 Å². The molecule has 1 saturated heterocycles. The Morgan fingerprint density at radius 2 is 2.06 bits per heavy atom. The zero-order valence-electron chi connectivity index (χ0n) is 9.52. The van der Waals surface area contributed by atoms with E-state index in [1.165, 1.54) is 6.07 Å². The lowest BCUT2D eigenvalue weighted by Gasteiger charge is -2.27. The number of carbonyl (C=O) groups is 1. The van der Waals surface area contributed by atoms with Crippen LogP contribution in [0.4, 0.5) is 0 Å². The van der Waals surface area contributed by atoms with Crippen LogP contribution in [0.15, 0.2) is 18.2 Å². The third-order valence-electron chi connectivity index (χ3n) is 2.91. The molecular weight excluding hydrogens is 220 g/mol. The Kier molecular flexibility index (Phi) is 3.61. The van der Waals surface area contributed by atoms with Gasteiger partial charge in [0.2, 0.25) is 0 Å². The minimum atomic E-state index is -1.09. The zero-order chi connectivity index (χ0) is 12.3. The van der Waals surface area contributed by atoms with E-state index in [0.29, 0.717) is 0 Å². The van der Waals surface area contributed by atoms with Crippen LogP contribution >= 0.6 is 0 Å². The van der Waals surface area contributed by atoms with Gasteiger partial charge in [-0.25, -0.2) is 4.79 Å². The van der Waals surface area contributed by atoms with Gasteiger partial charge in [0.15, 0.2) is 0 Å². The predicted molar refractivity (Wildman–Crippen MR) is 63.2 cm³/mol. The molecule has 3 N–H and O–H groups in total. The van der Waals surface area contributed by atoms with Gasteiger partial charge >= 0.3 is 5.97 Å². The Morgan fingerprint density at radius 3 is 2.71 bits per heavy atom. The number of aromatic hydroxyl groups is 1. The van der Waals surface area contributed by atoms with Crippen molar-refractivity contribution >= 4 is 5.97 Å². The Labute approximate surface area is 99.7 Å². The number of phenols is 1. The third kappa shape index (κ3) is 2.95. The first-order valence-electron chi connectivity index (χ1n) is 5.65. The molecule has 0 aromatic heterocycles. The van der Waals surface area contributed by atoms with Gasteiger partial charge in [-0.15, -0.1) is 0 Å². The van der Waals surface area contributed by atoms with E-state index in [9.17, 15) is 9.90 Å². The summed E-state index contributed by atoms with van der Waals surface area (Å²) in [4.78, 5) is 13.1. The van der Waals surface area contributed by atoms with E-state index < -0.39 is 5.97 Å². The second kappa shape index (κ2) is 5.16. The molecule has 1 aromatic rings. The first kappa shape index (κ1) is 11.9. The summed E-state index contributed by atoms with van der Waals surface area (Å²) in [6.07, 6.45) is 0. The Bertz CT molecular complexity index is 414. The van der Waals surface area contributed by atoms with Gasteiger partial charge in [-0.1, -0.05) is 6.07 Å². The lowest BCUT2D eigenvalue weighted by molar-refractivity contribution is 0.0693. The van der Waals surface area contributed by atoms with E-state index in [0.717, 1.165) is 38.3 Å². The van der Waals surface area contributed by atoms with Gasteiger partial charge in [-0.3, -0.25) is 4.90 Å². The molecule has 1 aliphatic rings. The number of benzene rings is 1. The Balaban J connectivity index is 2.10. The van der Waals surface area contributed by atoms with Gasteiger partial charge in [-0.05, 0) is 17.7 Å². The van der Waals surface area contributed by atoms with Crippen molar-refractivity contribution in [3.8, 4) is 5.75 Å². The summed E-state index contributed by atoms with van der Waals surface area (Å²) in [7, 11) is 0. The summed E-state index contributed by atoms with van der Waals surface area (Å²) in [6, 6.07) is 4.75. The van der Waals surface area contributed by atoms with Crippen molar-refractivity contribution in [2.75, 3.05) is 26.2 Å². The SMILES string of the molecule is O=C(O)c1cc(CN2CCNCC2)ccc1O. The summed E-state index contributed by atoms with van der Waals surface area (Å²) in [5.41, 5.74) is 0.889. The number of piperazine rings is 1. The third-order valence-corrected chi connectivity index (χ3v) is 2.91. The second-order valence-corrected chi connectivity index (χ2v) is 4.18. The van der Waals surface area contributed by atoms with Crippen LogP contribution in [0.25, 0.3) is 0 Å². The lowest BCUT2D eigenvalue weighted by atomic mass is 10.1. The highest BCUT2D eigenvalue weighted by molar-refractivity contribution is 5.90. The number of carboxylic acid groups (broad SMARTS) is 1. The van der Waals surface area contributed by atoms with Crippen molar-refractivity contribution in [3.05, 3.63) is 29.3 Å². The summed E-state index contributed by atoms with van der Waals surface area (Å²) < 4.78 is 0. The smallest absolute Gasteiger partial charge is 0.339 e. The van der Waals surface area contributed by atoms with Crippen LogP contribution in [-0.2, 0) is 6.54 Å². The molecule has 92 valence electrons. The summed E-state index contributed by atoms with van der Waals surface area (Å²) in [5.74, 6) is -1.27. The molecule has 1 aromatic carbocycles. The molecule has 0 radical (unpaired) electrons. The number of hydrogen-bond acceptors (Lipinski definition) is 4. The van der Waals surface area contributed by atoms with Gasteiger partial charge in [0, 0.05) is 32.7 Å². The van der Waals surface area contributed by atoms with Crippen molar-refractivity contribution in [1.82, 2.24) is 10.2 Å². The van der Waals surface area contributed by atoms with Crippen molar-refractivity contribution in [3.63, 3.8) is 0 Å². The maximum Gasteiger partial charge on any atom is 0.339 e. The van der Waals surface area contributed by atoms with Crippen LogP contribution in [0, 0.1) is 0 Å². The molecule has 0 unspecified atom stereocenters. The molecule has 0 aliphatic carbocycles.